The van der Waals surface area contributed by atoms with Crippen molar-refractivity contribution < 1.29 is 0 Å². The number of hydrogen-bond acceptors (Lipinski definition) is 2. The van der Waals surface area contributed by atoms with E-state index in [1.54, 1.807) is 12.3 Å². The van der Waals surface area contributed by atoms with Gasteiger partial charge in [0, 0.05) is 29.1 Å². The molecule has 0 radical (unpaired) electrons. The minimum absolute atomic E-state index is 0.200. The van der Waals surface area contributed by atoms with Crippen LogP contribution in [0.5, 0.6) is 0 Å². The molecule has 5 rings (SSSR count). The molecule has 0 fully saturated rings. The predicted octanol–water partition coefficient (Wildman–Crippen LogP) is 10.2. The molecule has 224 valence electrons. The first-order valence-corrected chi connectivity index (χ1v) is 15.5. The zero-order chi connectivity index (χ0) is 31.5. The summed E-state index contributed by atoms with van der Waals surface area (Å²) in [6, 6.07) is 35.2. The monoisotopic (exact) mass is 588 g/mol. The first kappa shape index (κ1) is 31.1. The Bertz CT molecular complexity index is 1850. The van der Waals surface area contributed by atoms with Crippen LogP contribution in [0.3, 0.4) is 0 Å². The zero-order valence-corrected chi connectivity index (χ0v) is 26.1. The van der Waals surface area contributed by atoms with E-state index in [1.807, 2.05) is 48.7 Å². The number of hydrogen-bond donors (Lipinski definition) is 2. The van der Waals surface area contributed by atoms with E-state index in [0.717, 1.165) is 52.6 Å². The van der Waals surface area contributed by atoms with Gasteiger partial charge < -0.3 is 5.32 Å². The molecule has 0 spiro atoms. The highest BCUT2D eigenvalue weighted by molar-refractivity contribution is 6.11. The largest absolute Gasteiger partial charge is 0.361 e. The third-order valence-corrected chi connectivity index (χ3v) is 7.78. The minimum Gasteiger partial charge on any atom is -0.361 e. The van der Waals surface area contributed by atoms with E-state index in [2.05, 4.69) is 116 Å². The number of amidine groups is 2. The van der Waals surface area contributed by atoms with E-state index in [-0.39, 0.29) is 5.84 Å². The molecular weight excluding hydrogens is 548 g/mol. The Morgan fingerprint density at radius 2 is 1.58 bits per heavy atom. The zero-order valence-electron chi connectivity index (χ0n) is 26.1. The second kappa shape index (κ2) is 14.9. The summed E-state index contributed by atoms with van der Waals surface area (Å²) < 4.78 is 0. The molecule has 4 aromatic carbocycles. The number of aromatic nitrogens is 1. The SMILES string of the molecule is C=C/C=C\CCC(C)(/C=C\CC)N/C(=N\C(=N)c1ccccc1)c1cc(-c2cccnc2)cc(-c2ccc3ccccc3c2)c1. The summed E-state index contributed by atoms with van der Waals surface area (Å²) in [6.07, 6.45) is 16.7. The van der Waals surface area contributed by atoms with Gasteiger partial charge in [0.1, 0.15) is 5.84 Å². The molecule has 0 aliphatic rings. The van der Waals surface area contributed by atoms with Gasteiger partial charge in [0.15, 0.2) is 5.84 Å². The van der Waals surface area contributed by atoms with Crippen molar-refractivity contribution in [3.8, 4) is 22.3 Å². The van der Waals surface area contributed by atoms with Crippen molar-refractivity contribution in [3.63, 3.8) is 0 Å². The van der Waals surface area contributed by atoms with Crippen molar-refractivity contribution in [2.45, 2.75) is 38.6 Å². The lowest BCUT2D eigenvalue weighted by atomic mass is 9.92. The summed E-state index contributed by atoms with van der Waals surface area (Å²) in [5.74, 6) is 0.845. The first-order chi connectivity index (χ1) is 22.0. The molecule has 0 aliphatic heterocycles. The van der Waals surface area contributed by atoms with Gasteiger partial charge in [-0.05, 0) is 84.0 Å². The van der Waals surface area contributed by atoms with E-state index in [1.165, 1.54) is 10.8 Å². The number of rotatable bonds is 11. The van der Waals surface area contributed by atoms with E-state index < -0.39 is 5.54 Å². The Kier molecular flexibility index (Phi) is 10.3. The highest BCUT2D eigenvalue weighted by Crippen LogP contribution is 2.31. The quantitative estimate of drug-likeness (QED) is 0.0698. The summed E-state index contributed by atoms with van der Waals surface area (Å²) >= 11 is 0. The van der Waals surface area contributed by atoms with Crippen LogP contribution in [-0.2, 0) is 0 Å². The Hall–Kier alpha value is -5.35. The van der Waals surface area contributed by atoms with Gasteiger partial charge in [-0.2, -0.15) is 0 Å². The van der Waals surface area contributed by atoms with Crippen LogP contribution < -0.4 is 5.32 Å². The van der Waals surface area contributed by atoms with Crippen LogP contribution in [0.2, 0.25) is 0 Å². The number of aliphatic imine (C=N–C) groups is 1. The van der Waals surface area contributed by atoms with E-state index in [0.29, 0.717) is 5.84 Å². The van der Waals surface area contributed by atoms with Crippen LogP contribution in [0.4, 0.5) is 0 Å². The molecule has 1 unspecified atom stereocenters. The van der Waals surface area contributed by atoms with Gasteiger partial charge in [-0.3, -0.25) is 10.4 Å². The molecule has 1 heterocycles. The molecule has 0 bridgehead atoms. The Morgan fingerprint density at radius 1 is 0.822 bits per heavy atom. The first-order valence-electron chi connectivity index (χ1n) is 15.5. The minimum atomic E-state index is -0.412. The van der Waals surface area contributed by atoms with Gasteiger partial charge in [0.25, 0.3) is 0 Å². The fourth-order valence-corrected chi connectivity index (χ4v) is 5.35. The fourth-order valence-electron chi connectivity index (χ4n) is 5.35. The number of fused-ring (bicyclic) bond motifs is 1. The maximum absolute atomic E-state index is 9.00. The number of pyridine rings is 1. The Balaban J connectivity index is 1.68. The van der Waals surface area contributed by atoms with Gasteiger partial charge in [0.05, 0.1) is 5.54 Å². The lowest BCUT2D eigenvalue weighted by Gasteiger charge is -2.30. The van der Waals surface area contributed by atoms with Crippen LogP contribution in [0.25, 0.3) is 33.0 Å². The van der Waals surface area contributed by atoms with Crippen molar-refractivity contribution in [1.82, 2.24) is 10.3 Å². The maximum atomic E-state index is 9.00. The highest BCUT2D eigenvalue weighted by Gasteiger charge is 2.23. The van der Waals surface area contributed by atoms with Crippen molar-refractivity contribution in [3.05, 3.63) is 164 Å². The topological polar surface area (TPSA) is 61.1 Å². The average molecular weight is 589 g/mol. The van der Waals surface area contributed by atoms with Crippen molar-refractivity contribution >= 4 is 22.4 Å². The molecule has 1 aromatic heterocycles. The van der Waals surface area contributed by atoms with Crippen LogP contribution >= 0.6 is 0 Å². The number of nitrogens with one attached hydrogen (secondary N) is 2. The highest BCUT2D eigenvalue weighted by atomic mass is 15.1. The molecule has 0 saturated heterocycles. The normalized spacial score (nSPS) is 13.2. The lowest BCUT2D eigenvalue weighted by Crippen LogP contribution is -2.45. The van der Waals surface area contributed by atoms with Crippen molar-refractivity contribution in [1.29, 1.82) is 5.41 Å². The van der Waals surface area contributed by atoms with Gasteiger partial charge in [-0.25, -0.2) is 4.99 Å². The van der Waals surface area contributed by atoms with Gasteiger partial charge in [-0.1, -0.05) is 117 Å². The van der Waals surface area contributed by atoms with E-state index >= 15 is 0 Å². The number of nitrogens with zero attached hydrogens (tertiary/aromatic N) is 2. The summed E-state index contributed by atoms with van der Waals surface area (Å²) in [4.78, 5) is 9.39. The molecule has 5 aromatic rings. The van der Waals surface area contributed by atoms with E-state index in [9.17, 15) is 0 Å². The van der Waals surface area contributed by atoms with Crippen LogP contribution in [0, 0.1) is 5.41 Å². The predicted molar refractivity (Wildman–Crippen MR) is 192 cm³/mol. The second-order valence-electron chi connectivity index (χ2n) is 11.3. The summed E-state index contributed by atoms with van der Waals surface area (Å²) in [7, 11) is 0. The molecule has 0 aliphatic carbocycles. The third kappa shape index (κ3) is 8.18. The van der Waals surface area contributed by atoms with Crippen molar-refractivity contribution in [2.24, 2.45) is 4.99 Å². The molecule has 1 atom stereocenters. The van der Waals surface area contributed by atoms with Crippen molar-refractivity contribution in [2.75, 3.05) is 0 Å². The molecule has 0 amide bonds. The second-order valence-corrected chi connectivity index (χ2v) is 11.3. The summed E-state index contributed by atoms with van der Waals surface area (Å²) in [6.45, 7) is 8.15. The molecule has 45 heavy (non-hydrogen) atoms. The third-order valence-electron chi connectivity index (χ3n) is 7.78. The van der Waals surface area contributed by atoms with E-state index in [4.69, 9.17) is 10.4 Å². The standard InChI is InChI=1S/C41H40N4/c1-4-6-8-14-24-41(3,23-7-5-2)45-40(44-39(42)32-17-10-9-11-18-32)38-28-36(27-37(29-38)35-20-15-25-43-30-35)34-22-21-31-16-12-13-19-33(31)26-34/h4,6-13,15-23,25-30H,1,5,14,24H2,2-3H3,(H2,42,44,45)/b8-6-,23-7-. The van der Waals surface area contributed by atoms with Gasteiger partial charge >= 0.3 is 0 Å². The molecule has 2 N–H and O–H groups in total. The molecule has 0 saturated carbocycles. The van der Waals surface area contributed by atoms with Gasteiger partial charge in [0.2, 0.25) is 0 Å². The Labute approximate surface area is 267 Å². The molecule has 4 nitrogen and oxygen atoms in total. The van der Waals surface area contributed by atoms with Crippen LogP contribution in [-0.4, -0.2) is 22.2 Å². The summed E-state index contributed by atoms with van der Waals surface area (Å²) in [5.41, 5.74) is 5.47. The fraction of sp³-hybridized carbons (Fsp3) is 0.146. The smallest absolute Gasteiger partial charge is 0.154 e. The molecule has 4 heteroatoms. The lowest BCUT2D eigenvalue weighted by molar-refractivity contribution is 0.482. The number of benzene rings is 4. The van der Waals surface area contributed by atoms with Crippen LogP contribution in [0.15, 0.2) is 157 Å². The van der Waals surface area contributed by atoms with Crippen LogP contribution in [0.1, 0.15) is 44.2 Å². The maximum Gasteiger partial charge on any atom is 0.154 e. The summed E-state index contributed by atoms with van der Waals surface area (Å²) in [5, 5.41) is 15.2. The average Bonchev–Trinajstić information content (AvgIpc) is 3.09. The Morgan fingerprint density at radius 3 is 2.31 bits per heavy atom. The number of allylic oxidation sites excluding steroid dienone is 4. The van der Waals surface area contributed by atoms with Gasteiger partial charge in [-0.15, -0.1) is 0 Å². The molecular formula is C41H40N4.